The number of fused-ring (bicyclic) bond motifs is 3. The Morgan fingerprint density at radius 1 is 1.13 bits per heavy atom. The average Bonchev–Trinajstić information content (AvgIpc) is 3.35. The molecule has 39 heavy (non-hydrogen) atoms. The van der Waals surface area contributed by atoms with E-state index in [4.69, 9.17) is 9.72 Å². The second kappa shape index (κ2) is 11.2. The third-order valence-electron chi connectivity index (χ3n) is 8.46. The fourth-order valence-corrected chi connectivity index (χ4v) is 6.84. The van der Waals surface area contributed by atoms with Gasteiger partial charge in [-0.1, -0.05) is 30.3 Å². The van der Waals surface area contributed by atoms with E-state index in [1.165, 1.54) is 12.8 Å². The van der Waals surface area contributed by atoms with Gasteiger partial charge in [0.15, 0.2) is 0 Å². The first-order valence-corrected chi connectivity index (χ1v) is 13.7. The fourth-order valence-electron chi connectivity index (χ4n) is 6.84. The molecule has 4 atom stereocenters. The molecule has 0 aliphatic carbocycles. The molecule has 2 bridgehead atoms. The van der Waals surface area contributed by atoms with Crippen LogP contribution in [0.5, 0.6) is 0 Å². The summed E-state index contributed by atoms with van der Waals surface area (Å²) in [5.74, 6) is -0.0229. The van der Waals surface area contributed by atoms with E-state index in [0.717, 1.165) is 49.2 Å². The summed E-state index contributed by atoms with van der Waals surface area (Å²) in [5.41, 5.74) is 2.97. The van der Waals surface area contributed by atoms with E-state index in [1.807, 2.05) is 37.3 Å². The topological polar surface area (TPSA) is 79.7 Å². The van der Waals surface area contributed by atoms with Crippen LogP contribution in [0.15, 0.2) is 30.3 Å². The number of amides is 2. The molecule has 2 saturated heterocycles. The number of nitrogens with zero attached hydrogens (tertiary/aromatic N) is 4. The Balaban J connectivity index is 1.25. The fraction of sp³-hybridized carbons (Fsp3) is 0.607. The second-order valence-electron chi connectivity index (χ2n) is 10.9. The summed E-state index contributed by atoms with van der Waals surface area (Å²) >= 11 is 0. The van der Waals surface area contributed by atoms with E-state index in [1.54, 1.807) is 4.90 Å². The number of ether oxygens (including phenoxy) is 1. The Labute approximate surface area is 226 Å². The van der Waals surface area contributed by atoms with Gasteiger partial charge in [0.05, 0.1) is 25.4 Å². The van der Waals surface area contributed by atoms with Gasteiger partial charge >= 0.3 is 12.3 Å². The van der Waals surface area contributed by atoms with Crippen molar-refractivity contribution in [2.24, 2.45) is 0 Å². The van der Waals surface area contributed by atoms with Crippen molar-refractivity contribution in [3.63, 3.8) is 0 Å². The summed E-state index contributed by atoms with van der Waals surface area (Å²) in [7, 11) is 1.39. The maximum atomic E-state index is 12.8. The van der Waals surface area contributed by atoms with Crippen molar-refractivity contribution < 1.29 is 27.5 Å². The highest BCUT2D eigenvalue weighted by atomic mass is 19.4. The number of benzene rings is 1. The number of nitrogens with one attached hydrogen (secondary N) is 1. The molecule has 11 heteroatoms. The van der Waals surface area contributed by atoms with Crippen LogP contribution in [0.4, 0.5) is 18.0 Å². The van der Waals surface area contributed by atoms with Crippen molar-refractivity contribution in [2.45, 2.75) is 88.8 Å². The van der Waals surface area contributed by atoms with Crippen LogP contribution in [0.3, 0.4) is 0 Å². The Hall–Kier alpha value is -3.08. The molecule has 2 aromatic rings. The summed E-state index contributed by atoms with van der Waals surface area (Å²) in [6.07, 6.45) is -0.900. The number of carbonyl (C=O) groups is 2. The molecule has 0 radical (unpaired) electrons. The minimum absolute atomic E-state index is 0.330. The van der Waals surface area contributed by atoms with E-state index in [9.17, 15) is 22.8 Å². The number of hydrogen-bond donors (Lipinski definition) is 1. The number of hydrogen-bond acceptors (Lipinski definition) is 5. The highest BCUT2D eigenvalue weighted by molar-refractivity contribution is 5.77. The van der Waals surface area contributed by atoms with Crippen LogP contribution in [0, 0.1) is 6.92 Å². The van der Waals surface area contributed by atoms with Crippen molar-refractivity contribution in [3.05, 3.63) is 53.1 Å². The highest BCUT2D eigenvalue weighted by Gasteiger charge is 2.43. The molecule has 8 nitrogen and oxygen atoms in total. The molecular formula is C28H36F3N5O3. The van der Waals surface area contributed by atoms with E-state index >= 15 is 0 Å². The third kappa shape index (κ3) is 6.08. The van der Waals surface area contributed by atoms with Gasteiger partial charge in [0.1, 0.15) is 12.2 Å². The number of carbonyl (C=O) groups excluding carboxylic acids is 2. The lowest BCUT2D eigenvalue weighted by atomic mass is 9.94. The molecule has 5 rings (SSSR count). The first-order chi connectivity index (χ1) is 18.6. The quantitative estimate of drug-likeness (QED) is 0.545. The predicted molar refractivity (Wildman–Crippen MR) is 138 cm³/mol. The van der Waals surface area contributed by atoms with E-state index in [0.29, 0.717) is 44.2 Å². The largest absolute Gasteiger partial charge is 0.453 e. The summed E-state index contributed by atoms with van der Waals surface area (Å²) in [6.45, 7) is 3.81. The lowest BCUT2D eigenvalue weighted by molar-refractivity contribution is -0.154. The molecule has 1 N–H and O–H groups in total. The second-order valence-corrected chi connectivity index (χ2v) is 10.9. The van der Waals surface area contributed by atoms with Gasteiger partial charge < -0.3 is 19.5 Å². The van der Waals surface area contributed by atoms with Gasteiger partial charge in [0.25, 0.3) is 0 Å². The number of aryl methyl sites for hydroxylation is 1. The number of rotatable bonds is 7. The average molecular weight is 548 g/mol. The number of alkyl halides is 3. The zero-order valence-electron chi connectivity index (χ0n) is 22.4. The normalized spacial score (nSPS) is 23.8. The van der Waals surface area contributed by atoms with Gasteiger partial charge in [0, 0.05) is 43.3 Å². The predicted octanol–water partition coefficient (Wildman–Crippen LogP) is 4.68. The zero-order chi connectivity index (χ0) is 27.7. The van der Waals surface area contributed by atoms with Crippen molar-refractivity contribution in [1.29, 1.82) is 0 Å². The van der Waals surface area contributed by atoms with Crippen molar-refractivity contribution in [3.8, 4) is 0 Å². The molecule has 3 aliphatic heterocycles. The molecule has 0 spiro atoms. The Morgan fingerprint density at radius 2 is 1.82 bits per heavy atom. The molecule has 1 unspecified atom stereocenters. The van der Waals surface area contributed by atoms with Crippen LogP contribution in [0.2, 0.25) is 0 Å². The number of aromatic nitrogens is 2. The Morgan fingerprint density at radius 3 is 2.46 bits per heavy atom. The monoisotopic (exact) mass is 547 g/mol. The van der Waals surface area contributed by atoms with E-state index in [2.05, 4.69) is 14.8 Å². The lowest BCUT2D eigenvalue weighted by Gasteiger charge is -2.41. The van der Waals surface area contributed by atoms with Crippen LogP contribution in [-0.2, 0) is 22.5 Å². The van der Waals surface area contributed by atoms with Gasteiger partial charge in [-0.2, -0.15) is 13.2 Å². The maximum Gasteiger partial charge on any atom is 0.409 e. The van der Waals surface area contributed by atoms with Crippen LogP contribution < -0.4 is 5.32 Å². The molecule has 212 valence electrons. The molecular weight excluding hydrogens is 511 g/mol. The molecule has 2 amide bonds. The number of imidazole rings is 1. The van der Waals surface area contributed by atoms with E-state index < -0.39 is 24.5 Å². The number of methoxy groups -OCH3 is 1. The van der Waals surface area contributed by atoms with E-state index in [-0.39, 0.29) is 6.09 Å². The number of piperidine rings is 1. The smallest absolute Gasteiger partial charge is 0.409 e. The van der Waals surface area contributed by atoms with Crippen LogP contribution in [0.1, 0.15) is 73.4 Å². The number of halogens is 3. The third-order valence-corrected chi connectivity index (χ3v) is 8.46. The summed E-state index contributed by atoms with van der Waals surface area (Å²) < 4.78 is 45.7. The van der Waals surface area contributed by atoms with Crippen molar-refractivity contribution in [2.75, 3.05) is 20.2 Å². The van der Waals surface area contributed by atoms with Crippen molar-refractivity contribution >= 4 is 12.0 Å². The maximum absolute atomic E-state index is 12.8. The molecule has 2 fully saturated rings. The zero-order valence-corrected chi connectivity index (χ0v) is 22.4. The summed E-state index contributed by atoms with van der Waals surface area (Å²) in [5, 5.41) is 2.63. The Kier molecular flexibility index (Phi) is 7.89. The standard InChI is InChI=1S/C28H36F3N5O3/c1-18-32-24-17-34(27(38)39-2)12-11-25(24)36(18)22-14-20-8-9-21(15-22)35(20)13-10-23(19-6-4-3-5-7-19)33-26(37)16-28(29,30)31/h3-7,20-23H,8-17H2,1-2H3,(H,33,37)/t20-,21+,22?,23-/m0/s1. The molecule has 1 aromatic carbocycles. The van der Waals surface area contributed by atoms with Gasteiger partial charge in [-0.3, -0.25) is 9.69 Å². The highest BCUT2D eigenvalue weighted by Crippen LogP contribution is 2.43. The molecule has 4 heterocycles. The molecule has 3 aliphatic rings. The first-order valence-electron chi connectivity index (χ1n) is 13.7. The van der Waals surface area contributed by atoms with Gasteiger partial charge in [-0.15, -0.1) is 0 Å². The van der Waals surface area contributed by atoms with Crippen LogP contribution >= 0.6 is 0 Å². The van der Waals surface area contributed by atoms with Gasteiger partial charge in [0.2, 0.25) is 5.91 Å². The van der Waals surface area contributed by atoms with Crippen molar-refractivity contribution in [1.82, 2.24) is 24.7 Å². The minimum atomic E-state index is -4.53. The SMILES string of the molecule is COC(=O)N1CCc2c(nc(C)n2C2C[C@H]3CC[C@@H](C2)N3CC[C@H](NC(=O)CC(F)(F)F)c2ccccc2)C1. The molecule has 1 aromatic heterocycles. The van der Waals surface area contributed by atoms with Gasteiger partial charge in [-0.25, -0.2) is 9.78 Å². The first kappa shape index (κ1) is 27.5. The Bertz CT molecular complexity index is 1170. The lowest BCUT2D eigenvalue weighted by Crippen LogP contribution is -2.45. The molecule has 0 saturated carbocycles. The van der Waals surface area contributed by atoms with Gasteiger partial charge in [-0.05, 0) is 44.6 Å². The van der Waals surface area contributed by atoms with Crippen LogP contribution in [-0.4, -0.2) is 69.8 Å². The summed E-state index contributed by atoms with van der Waals surface area (Å²) in [4.78, 5) is 33.2. The van der Waals surface area contributed by atoms with Crippen LogP contribution in [0.25, 0.3) is 0 Å². The summed E-state index contributed by atoms with van der Waals surface area (Å²) in [6, 6.07) is 9.85. The minimum Gasteiger partial charge on any atom is -0.453 e.